The van der Waals surface area contributed by atoms with Crippen LogP contribution >= 0.6 is 34.8 Å². The smallest absolute Gasteiger partial charge is 0.244 e. The van der Waals surface area contributed by atoms with Crippen LogP contribution in [0.3, 0.4) is 0 Å². The number of nitrogens with zero attached hydrogens (tertiary/aromatic N) is 2. The van der Waals surface area contributed by atoms with Crippen molar-refractivity contribution >= 4 is 62.3 Å². The van der Waals surface area contributed by atoms with Gasteiger partial charge in [-0.05, 0) is 54.4 Å². The first-order valence-electron chi connectivity index (χ1n) is 11.8. The summed E-state index contributed by atoms with van der Waals surface area (Å²) in [6.07, 6.45) is 1.24. The molecule has 0 heterocycles. The highest BCUT2D eigenvalue weighted by molar-refractivity contribution is 7.92. The summed E-state index contributed by atoms with van der Waals surface area (Å²) in [6, 6.07) is 19.4. The van der Waals surface area contributed by atoms with Gasteiger partial charge in [0.2, 0.25) is 21.8 Å². The Morgan fingerprint density at radius 2 is 1.55 bits per heavy atom. The van der Waals surface area contributed by atoms with Gasteiger partial charge in [0.25, 0.3) is 0 Å². The van der Waals surface area contributed by atoms with Crippen molar-refractivity contribution in [3.05, 3.63) is 99.0 Å². The predicted molar refractivity (Wildman–Crippen MR) is 153 cm³/mol. The molecular weight excluding hydrogens is 569 g/mol. The molecule has 0 aromatic heterocycles. The Balaban J connectivity index is 2.05. The van der Waals surface area contributed by atoms with Gasteiger partial charge in [-0.3, -0.25) is 13.9 Å². The molecule has 0 aliphatic heterocycles. The molecule has 202 valence electrons. The van der Waals surface area contributed by atoms with Crippen LogP contribution in [0.25, 0.3) is 0 Å². The first-order chi connectivity index (χ1) is 18.0. The molecule has 2 amide bonds. The zero-order chi connectivity index (χ0) is 27.9. The van der Waals surface area contributed by atoms with Gasteiger partial charge in [-0.15, -0.1) is 0 Å². The predicted octanol–water partition coefficient (Wildman–Crippen LogP) is 5.19. The minimum absolute atomic E-state index is 0.00256. The van der Waals surface area contributed by atoms with Crippen molar-refractivity contribution in [2.45, 2.75) is 25.9 Å². The van der Waals surface area contributed by atoms with Crippen LogP contribution < -0.4 is 9.62 Å². The fraction of sp³-hybridized carbons (Fsp3) is 0.259. The third kappa shape index (κ3) is 8.11. The van der Waals surface area contributed by atoms with Crippen molar-refractivity contribution in [3.8, 4) is 0 Å². The molecule has 3 rings (SSSR count). The molecule has 0 aliphatic rings. The van der Waals surface area contributed by atoms with E-state index in [-0.39, 0.29) is 24.6 Å². The maximum absolute atomic E-state index is 13.9. The van der Waals surface area contributed by atoms with Crippen molar-refractivity contribution in [2.24, 2.45) is 0 Å². The standard InChI is InChI=1S/C27H28Cl3N3O4S/c1-3-31-27(35)25(16-19-7-5-4-6-8-19)32(17-20-9-14-23(29)24(30)15-20)26(34)18-33(38(2,36)37)22-12-10-21(28)11-13-22/h4-15,25H,3,16-18H2,1-2H3,(H,31,35)/t25-/m0/s1. The number of hydrogen-bond donors (Lipinski definition) is 1. The van der Waals surface area contributed by atoms with Gasteiger partial charge in [-0.2, -0.15) is 0 Å². The monoisotopic (exact) mass is 595 g/mol. The lowest BCUT2D eigenvalue weighted by molar-refractivity contribution is -0.140. The van der Waals surface area contributed by atoms with E-state index in [0.717, 1.165) is 16.1 Å². The summed E-state index contributed by atoms with van der Waals surface area (Å²) in [5.41, 5.74) is 1.75. The molecule has 0 unspecified atom stereocenters. The minimum Gasteiger partial charge on any atom is -0.355 e. The summed E-state index contributed by atoms with van der Waals surface area (Å²) in [5, 5.41) is 3.88. The highest BCUT2D eigenvalue weighted by Gasteiger charge is 2.33. The number of sulfonamides is 1. The van der Waals surface area contributed by atoms with Gasteiger partial charge >= 0.3 is 0 Å². The number of carbonyl (C=O) groups is 2. The third-order valence-corrected chi connectivity index (χ3v) is 7.88. The number of amides is 2. The quantitative estimate of drug-likeness (QED) is 0.330. The summed E-state index contributed by atoms with van der Waals surface area (Å²) in [7, 11) is -3.86. The molecule has 11 heteroatoms. The van der Waals surface area contributed by atoms with Crippen LogP contribution in [0.1, 0.15) is 18.1 Å². The van der Waals surface area contributed by atoms with Crippen molar-refractivity contribution in [3.63, 3.8) is 0 Å². The van der Waals surface area contributed by atoms with E-state index in [2.05, 4.69) is 5.32 Å². The molecule has 0 bridgehead atoms. The summed E-state index contributed by atoms with van der Waals surface area (Å²) in [4.78, 5) is 28.6. The molecule has 0 aliphatic carbocycles. The number of rotatable bonds is 11. The Morgan fingerprint density at radius 1 is 0.895 bits per heavy atom. The number of nitrogens with one attached hydrogen (secondary N) is 1. The second-order valence-electron chi connectivity index (χ2n) is 8.62. The second kappa shape index (κ2) is 13.3. The van der Waals surface area contributed by atoms with E-state index in [9.17, 15) is 18.0 Å². The topological polar surface area (TPSA) is 86.8 Å². The maximum Gasteiger partial charge on any atom is 0.244 e. The van der Waals surface area contributed by atoms with E-state index in [1.165, 1.54) is 17.0 Å². The van der Waals surface area contributed by atoms with E-state index < -0.39 is 28.5 Å². The SMILES string of the molecule is CCNC(=O)[C@H](Cc1ccccc1)N(Cc1ccc(Cl)c(Cl)c1)C(=O)CN(c1ccc(Cl)cc1)S(C)(=O)=O. The summed E-state index contributed by atoms with van der Waals surface area (Å²) < 4.78 is 26.4. The van der Waals surface area contributed by atoms with Crippen LogP contribution in [0.4, 0.5) is 5.69 Å². The van der Waals surface area contributed by atoms with Gasteiger partial charge in [-0.25, -0.2) is 8.42 Å². The fourth-order valence-corrected chi connectivity index (χ4v) is 5.20. The van der Waals surface area contributed by atoms with E-state index in [1.807, 2.05) is 30.3 Å². The number of halogens is 3. The number of carbonyl (C=O) groups excluding carboxylic acids is 2. The zero-order valence-corrected chi connectivity index (χ0v) is 24.0. The first kappa shape index (κ1) is 29.8. The van der Waals surface area contributed by atoms with Crippen LogP contribution in [0, 0.1) is 0 Å². The lowest BCUT2D eigenvalue weighted by Crippen LogP contribution is -2.53. The van der Waals surface area contributed by atoms with Gasteiger partial charge < -0.3 is 10.2 Å². The molecular formula is C27H28Cl3N3O4S. The molecule has 0 saturated carbocycles. The molecule has 1 atom stereocenters. The van der Waals surface area contributed by atoms with Crippen molar-refractivity contribution in [1.29, 1.82) is 0 Å². The number of anilines is 1. The summed E-state index contributed by atoms with van der Waals surface area (Å²) in [6.45, 7) is 1.63. The molecule has 7 nitrogen and oxygen atoms in total. The van der Waals surface area contributed by atoms with E-state index >= 15 is 0 Å². The largest absolute Gasteiger partial charge is 0.355 e. The summed E-state index contributed by atoms with van der Waals surface area (Å²) in [5.74, 6) is -0.925. The second-order valence-corrected chi connectivity index (χ2v) is 11.8. The highest BCUT2D eigenvalue weighted by Crippen LogP contribution is 2.25. The normalized spacial score (nSPS) is 12.0. The van der Waals surface area contributed by atoms with E-state index in [1.54, 1.807) is 37.3 Å². The van der Waals surface area contributed by atoms with Crippen molar-refractivity contribution in [2.75, 3.05) is 23.7 Å². The number of hydrogen-bond acceptors (Lipinski definition) is 4. The average molecular weight is 597 g/mol. The molecule has 0 fully saturated rings. The number of benzene rings is 3. The average Bonchev–Trinajstić information content (AvgIpc) is 2.87. The summed E-state index contributed by atoms with van der Waals surface area (Å²) >= 11 is 18.3. The van der Waals surface area contributed by atoms with Gasteiger partial charge in [0.15, 0.2) is 0 Å². The van der Waals surface area contributed by atoms with Crippen LogP contribution in [0.15, 0.2) is 72.8 Å². The van der Waals surface area contributed by atoms with Crippen LogP contribution in [-0.4, -0.2) is 50.5 Å². The molecule has 0 radical (unpaired) electrons. The number of likely N-dealkylation sites (N-methyl/N-ethyl adjacent to an activating group) is 1. The molecule has 1 N–H and O–H groups in total. The van der Waals surface area contributed by atoms with Crippen molar-refractivity contribution in [1.82, 2.24) is 10.2 Å². The van der Waals surface area contributed by atoms with Gasteiger partial charge in [0, 0.05) is 24.5 Å². The van der Waals surface area contributed by atoms with Crippen molar-refractivity contribution < 1.29 is 18.0 Å². The molecule has 3 aromatic rings. The lowest BCUT2D eigenvalue weighted by atomic mass is 10.0. The lowest BCUT2D eigenvalue weighted by Gasteiger charge is -2.33. The van der Waals surface area contributed by atoms with Crippen LogP contribution in [-0.2, 0) is 32.6 Å². The molecule has 38 heavy (non-hydrogen) atoms. The van der Waals surface area contributed by atoms with E-state index in [0.29, 0.717) is 27.2 Å². The van der Waals surface area contributed by atoms with Crippen LogP contribution in [0.5, 0.6) is 0 Å². The Morgan fingerprint density at radius 3 is 2.13 bits per heavy atom. The fourth-order valence-electron chi connectivity index (χ4n) is 3.90. The molecule has 0 saturated heterocycles. The third-order valence-electron chi connectivity index (χ3n) is 5.75. The molecule has 0 spiro atoms. The van der Waals surface area contributed by atoms with E-state index in [4.69, 9.17) is 34.8 Å². The van der Waals surface area contributed by atoms with Gasteiger partial charge in [0.05, 0.1) is 22.0 Å². The maximum atomic E-state index is 13.9. The first-order valence-corrected chi connectivity index (χ1v) is 14.8. The van der Waals surface area contributed by atoms with Gasteiger partial charge in [0.1, 0.15) is 12.6 Å². The van der Waals surface area contributed by atoms with Crippen LogP contribution in [0.2, 0.25) is 15.1 Å². The minimum atomic E-state index is -3.86. The highest BCUT2D eigenvalue weighted by atomic mass is 35.5. The zero-order valence-electron chi connectivity index (χ0n) is 20.9. The molecule has 3 aromatic carbocycles. The Hall–Kier alpha value is -2.78. The Bertz CT molecular complexity index is 1370. The van der Waals surface area contributed by atoms with Gasteiger partial charge in [-0.1, -0.05) is 71.2 Å². The Labute approximate surface area is 238 Å². The Kier molecular flexibility index (Phi) is 10.4.